The summed E-state index contributed by atoms with van der Waals surface area (Å²) < 4.78 is 25.4. The summed E-state index contributed by atoms with van der Waals surface area (Å²) in [5, 5.41) is 0. The molecule has 0 aliphatic heterocycles. The minimum absolute atomic E-state index is 0.0288. The molecule has 0 radical (unpaired) electrons. The summed E-state index contributed by atoms with van der Waals surface area (Å²) in [6.07, 6.45) is 0.0776. The van der Waals surface area contributed by atoms with Crippen molar-refractivity contribution in [1.82, 2.24) is 4.90 Å². The van der Waals surface area contributed by atoms with Crippen LogP contribution in [0.5, 0.6) is 0 Å². The number of carbonyl (C=O) groups excluding carboxylic acids is 1. The predicted molar refractivity (Wildman–Crippen MR) is 48.0 cm³/mol. The highest BCUT2D eigenvalue weighted by Gasteiger charge is 2.34. The summed E-state index contributed by atoms with van der Waals surface area (Å²) in [7, 11) is 3.70. The summed E-state index contributed by atoms with van der Waals surface area (Å²) in [5.41, 5.74) is 0. The number of rotatable bonds is 6. The van der Waals surface area contributed by atoms with Crippen molar-refractivity contribution < 1.29 is 13.6 Å². The third-order valence-electron chi connectivity index (χ3n) is 1.86. The Hall–Kier alpha value is -0.510. The Kier molecular flexibility index (Phi) is 5.06. The first-order valence-corrected chi connectivity index (χ1v) is 4.46. The van der Waals surface area contributed by atoms with Crippen LogP contribution in [0, 0.1) is 0 Å². The van der Waals surface area contributed by atoms with Crippen LogP contribution in [0.4, 0.5) is 8.78 Å². The van der Waals surface area contributed by atoms with E-state index in [1.165, 1.54) is 6.92 Å². The van der Waals surface area contributed by atoms with Crippen molar-refractivity contribution in [3.63, 3.8) is 0 Å². The molecule has 0 N–H and O–H groups in total. The molecule has 0 aliphatic rings. The van der Waals surface area contributed by atoms with Crippen LogP contribution in [0.2, 0.25) is 0 Å². The van der Waals surface area contributed by atoms with Gasteiger partial charge in [-0.3, -0.25) is 4.79 Å². The van der Waals surface area contributed by atoms with Crippen LogP contribution in [-0.2, 0) is 4.79 Å². The average molecular weight is 193 g/mol. The molecule has 0 saturated heterocycles. The van der Waals surface area contributed by atoms with Crippen LogP contribution < -0.4 is 0 Å². The molecule has 0 aromatic carbocycles. The fourth-order valence-corrected chi connectivity index (χ4v) is 0.936. The third kappa shape index (κ3) is 4.93. The molecule has 0 aliphatic carbocycles. The van der Waals surface area contributed by atoms with E-state index >= 15 is 0 Å². The zero-order chi connectivity index (χ0) is 10.5. The largest absolute Gasteiger partial charge is 0.309 e. The molecule has 0 spiro atoms. The summed E-state index contributed by atoms with van der Waals surface area (Å²) in [5.74, 6) is -4.05. The molecule has 0 heterocycles. The molecule has 0 aromatic heterocycles. The molecule has 0 rings (SSSR count). The van der Waals surface area contributed by atoms with E-state index in [0.717, 1.165) is 0 Å². The number of alkyl halides is 2. The van der Waals surface area contributed by atoms with E-state index in [2.05, 4.69) is 0 Å². The zero-order valence-corrected chi connectivity index (χ0v) is 8.44. The van der Waals surface area contributed by atoms with E-state index < -0.39 is 18.1 Å². The lowest BCUT2D eigenvalue weighted by molar-refractivity contribution is -0.143. The highest BCUT2D eigenvalue weighted by atomic mass is 19.3. The second-order valence-corrected chi connectivity index (χ2v) is 3.39. The molecule has 0 fully saturated rings. The molecule has 0 amide bonds. The Labute approximate surface area is 77.9 Å². The van der Waals surface area contributed by atoms with Gasteiger partial charge in [-0.2, -0.15) is 8.78 Å². The maximum Gasteiger partial charge on any atom is 0.305 e. The number of halogens is 2. The van der Waals surface area contributed by atoms with Gasteiger partial charge in [0.2, 0.25) is 5.78 Å². The molecule has 0 atom stereocenters. The highest BCUT2D eigenvalue weighted by Crippen LogP contribution is 2.21. The SMILES string of the molecule is CCC(F)(F)C(=O)CCCN(C)C. The Balaban J connectivity index is 3.75. The smallest absolute Gasteiger partial charge is 0.305 e. The van der Waals surface area contributed by atoms with Crippen molar-refractivity contribution in [3.05, 3.63) is 0 Å². The maximum absolute atomic E-state index is 12.7. The monoisotopic (exact) mass is 193 g/mol. The van der Waals surface area contributed by atoms with Gasteiger partial charge in [0.15, 0.2) is 0 Å². The fraction of sp³-hybridized carbons (Fsp3) is 0.889. The van der Waals surface area contributed by atoms with Gasteiger partial charge in [0.25, 0.3) is 0 Å². The molecule has 13 heavy (non-hydrogen) atoms. The molecule has 0 aromatic rings. The van der Waals surface area contributed by atoms with E-state index in [4.69, 9.17) is 0 Å². The lowest BCUT2D eigenvalue weighted by Crippen LogP contribution is -2.28. The number of hydrogen-bond donors (Lipinski definition) is 0. The first-order valence-electron chi connectivity index (χ1n) is 4.46. The molecular weight excluding hydrogens is 176 g/mol. The van der Waals surface area contributed by atoms with Gasteiger partial charge in [0.05, 0.1) is 0 Å². The van der Waals surface area contributed by atoms with Crippen LogP contribution >= 0.6 is 0 Å². The molecular formula is C9H17F2NO. The predicted octanol–water partition coefficient (Wildman–Crippen LogP) is 1.94. The molecule has 78 valence electrons. The van der Waals surface area contributed by atoms with Gasteiger partial charge in [-0.05, 0) is 27.1 Å². The number of hydrogen-bond acceptors (Lipinski definition) is 2. The number of carbonyl (C=O) groups is 1. The van der Waals surface area contributed by atoms with Crippen molar-refractivity contribution in [2.24, 2.45) is 0 Å². The van der Waals surface area contributed by atoms with Crippen molar-refractivity contribution in [1.29, 1.82) is 0 Å². The van der Waals surface area contributed by atoms with Crippen LogP contribution in [0.1, 0.15) is 26.2 Å². The summed E-state index contributed by atoms with van der Waals surface area (Å²) in [6, 6.07) is 0. The van der Waals surface area contributed by atoms with Gasteiger partial charge >= 0.3 is 5.92 Å². The van der Waals surface area contributed by atoms with Gasteiger partial charge in [-0.25, -0.2) is 0 Å². The van der Waals surface area contributed by atoms with E-state index in [1.54, 1.807) is 0 Å². The normalized spacial score (nSPS) is 12.2. The van der Waals surface area contributed by atoms with Crippen molar-refractivity contribution in [2.45, 2.75) is 32.1 Å². The lowest BCUT2D eigenvalue weighted by Gasteiger charge is -2.13. The first kappa shape index (κ1) is 12.5. The molecule has 0 saturated carbocycles. The lowest BCUT2D eigenvalue weighted by atomic mass is 10.1. The molecule has 0 unspecified atom stereocenters. The van der Waals surface area contributed by atoms with Crippen molar-refractivity contribution in [2.75, 3.05) is 20.6 Å². The van der Waals surface area contributed by atoms with Crippen LogP contribution in [0.25, 0.3) is 0 Å². The summed E-state index contributed by atoms with van der Waals surface area (Å²) in [4.78, 5) is 12.8. The average Bonchev–Trinajstić information content (AvgIpc) is 2.03. The quantitative estimate of drug-likeness (QED) is 0.642. The molecule has 4 heteroatoms. The van der Waals surface area contributed by atoms with Gasteiger partial charge in [0, 0.05) is 12.8 Å². The summed E-state index contributed by atoms with van der Waals surface area (Å²) >= 11 is 0. The van der Waals surface area contributed by atoms with E-state index in [1.807, 2.05) is 19.0 Å². The highest BCUT2D eigenvalue weighted by molar-refractivity contribution is 5.85. The third-order valence-corrected chi connectivity index (χ3v) is 1.86. The Morgan fingerprint density at radius 2 is 1.92 bits per heavy atom. The topological polar surface area (TPSA) is 20.3 Å². The van der Waals surface area contributed by atoms with Gasteiger partial charge in [-0.15, -0.1) is 0 Å². The maximum atomic E-state index is 12.7. The van der Waals surface area contributed by atoms with Crippen molar-refractivity contribution >= 4 is 5.78 Å². The van der Waals surface area contributed by atoms with E-state index in [9.17, 15) is 13.6 Å². The van der Waals surface area contributed by atoms with Crippen LogP contribution in [0.15, 0.2) is 0 Å². The minimum atomic E-state index is -3.12. The molecule has 0 bridgehead atoms. The Bertz CT molecular complexity index is 169. The first-order chi connectivity index (χ1) is 5.90. The van der Waals surface area contributed by atoms with Gasteiger partial charge in [0.1, 0.15) is 0 Å². The molecule has 2 nitrogen and oxygen atoms in total. The minimum Gasteiger partial charge on any atom is -0.309 e. The van der Waals surface area contributed by atoms with Crippen molar-refractivity contribution in [3.8, 4) is 0 Å². The van der Waals surface area contributed by atoms with E-state index in [0.29, 0.717) is 13.0 Å². The van der Waals surface area contributed by atoms with Gasteiger partial charge < -0.3 is 4.90 Å². The number of Topliss-reactive ketones (excluding diaryl/α,β-unsaturated/α-hetero) is 1. The fourth-order valence-electron chi connectivity index (χ4n) is 0.936. The van der Waals surface area contributed by atoms with Gasteiger partial charge in [-0.1, -0.05) is 6.92 Å². The second-order valence-electron chi connectivity index (χ2n) is 3.39. The summed E-state index contributed by atoms with van der Waals surface area (Å²) in [6.45, 7) is 2.00. The Morgan fingerprint density at radius 1 is 1.38 bits per heavy atom. The van der Waals surface area contributed by atoms with Crippen LogP contribution in [-0.4, -0.2) is 37.2 Å². The zero-order valence-electron chi connectivity index (χ0n) is 8.44. The second kappa shape index (κ2) is 5.27. The number of nitrogens with zero attached hydrogens (tertiary/aromatic N) is 1. The number of ketones is 1. The Morgan fingerprint density at radius 3 is 2.31 bits per heavy atom. The van der Waals surface area contributed by atoms with E-state index in [-0.39, 0.29) is 6.42 Å². The standard InChI is InChI=1S/C9H17F2NO/c1-4-9(10,11)8(13)6-5-7-12(2)3/h4-7H2,1-3H3. The van der Waals surface area contributed by atoms with Crippen LogP contribution in [0.3, 0.4) is 0 Å².